The van der Waals surface area contributed by atoms with Crippen molar-refractivity contribution in [3.8, 4) is 0 Å². The highest BCUT2D eigenvalue weighted by molar-refractivity contribution is 7.89. The Labute approximate surface area is 173 Å². The molecular weight excluding hydrogens is 408 g/mol. The molecule has 1 saturated heterocycles. The molecule has 1 fully saturated rings. The average molecular weight is 431 g/mol. The van der Waals surface area contributed by atoms with Crippen LogP contribution in [0.25, 0.3) is 10.8 Å². The number of hydrogen-bond donors (Lipinski definition) is 1. The maximum atomic E-state index is 13.3. The van der Waals surface area contributed by atoms with Gasteiger partial charge in [0.25, 0.3) is 0 Å². The molecule has 2 aromatic carbocycles. The van der Waals surface area contributed by atoms with Crippen LogP contribution in [-0.2, 0) is 14.8 Å². The monoisotopic (exact) mass is 430 g/mol. The molecule has 3 aromatic rings. The zero-order valence-electron chi connectivity index (χ0n) is 16.2. The number of rotatable bonds is 5. The molecule has 1 aliphatic heterocycles. The van der Waals surface area contributed by atoms with Crippen molar-refractivity contribution in [1.82, 2.24) is 14.5 Å². The molecule has 1 aromatic heterocycles. The summed E-state index contributed by atoms with van der Waals surface area (Å²) in [6.45, 7) is 4.32. The van der Waals surface area contributed by atoms with Crippen LogP contribution in [0.15, 0.2) is 47.4 Å². The van der Waals surface area contributed by atoms with Crippen LogP contribution in [0.4, 0.5) is 5.13 Å². The third-order valence-corrected chi connectivity index (χ3v) is 8.04. The number of fused-ring (bicyclic) bond motifs is 1. The van der Waals surface area contributed by atoms with Crippen LogP contribution in [-0.4, -0.2) is 41.4 Å². The van der Waals surface area contributed by atoms with Crippen molar-refractivity contribution in [1.29, 1.82) is 0 Å². The number of anilines is 1. The number of nitrogens with zero attached hydrogens (tertiary/aromatic N) is 3. The topological polar surface area (TPSA) is 92.3 Å². The van der Waals surface area contributed by atoms with Gasteiger partial charge >= 0.3 is 0 Å². The van der Waals surface area contributed by atoms with Gasteiger partial charge in [-0.25, -0.2) is 8.42 Å². The number of nitrogens with one attached hydrogen (secondary N) is 1. The molecule has 9 heteroatoms. The van der Waals surface area contributed by atoms with Crippen molar-refractivity contribution in [2.75, 3.05) is 11.9 Å². The zero-order valence-corrected chi connectivity index (χ0v) is 17.8. The van der Waals surface area contributed by atoms with Gasteiger partial charge in [0, 0.05) is 12.5 Å². The Morgan fingerprint density at radius 2 is 1.93 bits per heavy atom. The second-order valence-electron chi connectivity index (χ2n) is 7.37. The van der Waals surface area contributed by atoms with Gasteiger partial charge < -0.3 is 0 Å². The lowest BCUT2D eigenvalue weighted by Gasteiger charge is -2.23. The van der Waals surface area contributed by atoms with Crippen molar-refractivity contribution < 1.29 is 13.2 Å². The molecule has 4 rings (SSSR count). The van der Waals surface area contributed by atoms with Crippen molar-refractivity contribution in [2.24, 2.45) is 0 Å². The van der Waals surface area contributed by atoms with Gasteiger partial charge in [0.1, 0.15) is 11.0 Å². The van der Waals surface area contributed by atoms with E-state index in [-0.39, 0.29) is 16.7 Å². The van der Waals surface area contributed by atoms with Gasteiger partial charge in [-0.3, -0.25) is 10.1 Å². The van der Waals surface area contributed by atoms with Gasteiger partial charge in [0.05, 0.1) is 4.90 Å². The Hall–Kier alpha value is -2.36. The van der Waals surface area contributed by atoms with Gasteiger partial charge in [-0.05, 0) is 35.7 Å². The molecule has 0 spiro atoms. The first-order valence-electron chi connectivity index (χ1n) is 9.51. The summed E-state index contributed by atoms with van der Waals surface area (Å²) >= 11 is 1.31. The molecule has 2 heterocycles. The van der Waals surface area contributed by atoms with Gasteiger partial charge in [0.2, 0.25) is 21.1 Å². The van der Waals surface area contributed by atoms with Crippen molar-refractivity contribution in [3.05, 3.63) is 47.5 Å². The number of carbonyl (C=O) groups is 1. The van der Waals surface area contributed by atoms with Gasteiger partial charge in [-0.15, -0.1) is 10.2 Å². The maximum absolute atomic E-state index is 13.3. The van der Waals surface area contributed by atoms with E-state index >= 15 is 0 Å². The smallest absolute Gasteiger partial charge is 0.244 e. The van der Waals surface area contributed by atoms with Crippen LogP contribution >= 0.6 is 11.3 Å². The lowest BCUT2D eigenvalue weighted by Crippen LogP contribution is -2.43. The third-order valence-electron chi connectivity index (χ3n) is 5.00. The molecule has 152 valence electrons. The molecule has 0 aliphatic carbocycles. The maximum Gasteiger partial charge on any atom is 0.244 e. The van der Waals surface area contributed by atoms with E-state index in [1.807, 2.05) is 38.1 Å². The highest BCUT2D eigenvalue weighted by Crippen LogP contribution is 2.29. The minimum absolute atomic E-state index is 0.203. The lowest BCUT2D eigenvalue weighted by atomic mass is 10.1. The SMILES string of the molecule is CC(C)c1nnc(NC(=O)C2CCCN2S(=O)(=O)c2ccc3ccccc3c2)s1. The summed E-state index contributed by atoms with van der Waals surface area (Å²) in [6.07, 6.45) is 1.12. The fourth-order valence-corrected chi connectivity index (χ4v) is 5.90. The van der Waals surface area contributed by atoms with E-state index in [9.17, 15) is 13.2 Å². The Morgan fingerprint density at radius 3 is 2.66 bits per heavy atom. The first kappa shape index (κ1) is 19.9. The third kappa shape index (κ3) is 3.90. The summed E-state index contributed by atoms with van der Waals surface area (Å²) in [7, 11) is -3.78. The quantitative estimate of drug-likeness (QED) is 0.668. The van der Waals surface area contributed by atoms with E-state index in [2.05, 4.69) is 15.5 Å². The van der Waals surface area contributed by atoms with Crippen LogP contribution < -0.4 is 5.32 Å². The molecule has 1 atom stereocenters. The number of benzene rings is 2. The molecule has 1 N–H and O–H groups in total. The molecule has 0 saturated carbocycles. The fraction of sp³-hybridized carbons (Fsp3) is 0.350. The van der Waals surface area contributed by atoms with Crippen molar-refractivity contribution in [2.45, 2.75) is 43.5 Å². The molecule has 1 amide bonds. The number of hydrogen-bond acceptors (Lipinski definition) is 6. The highest BCUT2D eigenvalue weighted by atomic mass is 32.2. The molecule has 1 aliphatic rings. The summed E-state index contributed by atoms with van der Waals surface area (Å²) in [6, 6.07) is 11.9. The van der Waals surface area contributed by atoms with Crippen LogP contribution in [0.3, 0.4) is 0 Å². The molecule has 7 nitrogen and oxygen atoms in total. The first-order chi connectivity index (χ1) is 13.9. The minimum atomic E-state index is -3.78. The summed E-state index contributed by atoms with van der Waals surface area (Å²) < 4.78 is 27.8. The second-order valence-corrected chi connectivity index (χ2v) is 10.3. The van der Waals surface area contributed by atoms with E-state index < -0.39 is 16.1 Å². The fourth-order valence-electron chi connectivity index (χ4n) is 3.46. The van der Waals surface area contributed by atoms with Gasteiger partial charge in [0.15, 0.2) is 0 Å². The summed E-state index contributed by atoms with van der Waals surface area (Å²) in [4.78, 5) is 13.0. The second kappa shape index (κ2) is 7.81. The molecular formula is C20H22N4O3S2. The largest absolute Gasteiger partial charge is 0.299 e. The number of carbonyl (C=O) groups excluding carboxylic acids is 1. The summed E-state index contributed by atoms with van der Waals surface area (Å²) in [5.74, 6) is -0.146. The molecule has 0 radical (unpaired) electrons. The molecule has 29 heavy (non-hydrogen) atoms. The standard InChI is InChI=1S/C20H22N4O3S2/c1-13(2)19-22-23-20(28-19)21-18(25)17-8-5-11-24(17)29(26,27)16-10-9-14-6-3-4-7-15(14)12-16/h3-4,6-7,9-10,12-13,17H,5,8,11H2,1-2H3,(H,21,23,25). The van der Waals surface area contributed by atoms with E-state index in [1.54, 1.807) is 18.2 Å². The minimum Gasteiger partial charge on any atom is -0.299 e. The Bertz CT molecular complexity index is 1160. The number of aromatic nitrogens is 2. The molecule has 0 bridgehead atoms. The summed E-state index contributed by atoms with van der Waals surface area (Å²) in [5, 5.41) is 13.8. The molecule has 1 unspecified atom stereocenters. The number of amides is 1. The number of sulfonamides is 1. The average Bonchev–Trinajstić information content (AvgIpc) is 3.37. The van der Waals surface area contributed by atoms with E-state index in [4.69, 9.17) is 0 Å². The highest BCUT2D eigenvalue weighted by Gasteiger charge is 2.39. The first-order valence-corrected chi connectivity index (χ1v) is 11.8. The van der Waals surface area contributed by atoms with E-state index in [0.29, 0.717) is 24.5 Å². The Morgan fingerprint density at radius 1 is 1.17 bits per heavy atom. The van der Waals surface area contributed by atoms with Crippen LogP contribution in [0, 0.1) is 0 Å². The lowest BCUT2D eigenvalue weighted by molar-refractivity contribution is -0.119. The van der Waals surface area contributed by atoms with Crippen LogP contribution in [0.2, 0.25) is 0 Å². The van der Waals surface area contributed by atoms with E-state index in [0.717, 1.165) is 15.8 Å². The summed E-state index contributed by atoms with van der Waals surface area (Å²) in [5.41, 5.74) is 0. The van der Waals surface area contributed by atoms with Gasteiger partial charge in [-0.2, -0.15) is 4.31 Å². The normalized spacial score (nSPS) is 17.8. The Kier molecular flexibility index (Phi) is 5.37. The van der Waals surface area contributed by atoms with Crippen molar-refractivity contribution in [3.63, 3.8) is 0 Å². The van der Waals surface area contributed by atoms with Gasteiger partial charge in [-0.1, -0.05) is 55.5 Å². The zero-order chi connectivity index (χ0) is 20.6. The van der Waals surface area contributed by atoms with Crippen LogP contribution in [0.1, 0.15) is 37.6 Å². The van der Waals surface area contributed by atoms with E-state index in [1.165, 1.54) is 15.6 Å². The van der Waals surface area contributed by atoms with Crippen molar-refractivity contribution >= 4 is 43.2 Å². The Balaban J connectivity index is 1.57. The predicted molar refractivity (Wildman–Crippen MR) is 113 cm³/mol. The predicted octanol–water partition coefficient (Wildman–Crippen LogP) is 3.61. The van der Waals surface area contributed by atoms with Crippen LogP contribution in [0.5, 0.6) is 0 Å².